The van der Waals surface area contributed by atoms with Crippen LogP contribution >= 0.6 is 11.8 Å². The number of carbonyl (C=O) groups is 2. The number of nitrogens with zero attached hydrogens (tertiary/aromatic N) is 2. The second-order valence-corrected chi connectivity index (χ2v) is 7.30. The normalized spacial score (nSPS) is 11.8. The number of benzene rings is 1. The number of amides is 1. The molecule has 0 spiro atoms. The number of anilines is 1. The predicted molar refractivity (Wildman–Crippen MR) is 112 cm³/mol. The molecule has 1 atom stereocenters. The molecule has 1 unspecified atom stereocenters. The molecule has 0 saturated heterocycles. The summed E-state index contributed by atoms with van der Waals surface area (Å²) < 4.78 is 5.28. The number of hydrogen-bond donors (Lipinski definition) is 1. The summed E-state index contributed by atoms with van der Waals surface area (Å²) in [5, 5.41) is 3.49. The number of rotatable bonds is 8. The highest BCUT2D eigenvalue weighted by Crippen LogP contribution is 2.17. The van der Waals surface area contributed by atoms with Crippen LogP contribution in [0.3, 0.4) is 0 Å². The van der Waals surface area contributed by atoms with Gasteiger partial charge in [-0.1, -0.05) is 30.8 Å². The minimum Gasteiger partial charge on any atom is -0.453 e. The van der Waals surface area contributed by atoms with Crippen molar-refractivity contribution in [1.29, 1.82) is 0 Å². The third-order valence-electron chi connectivity index (χ3n) is 4.47. The van der Waals surface area contributed by atoms with Gasteiger partial charge in [-0.15, -0.1) is 0 Å². The van der Waals surface area contributed by atoms with E-state index in [1.807, 2.05) is 44.4 Å². The zero-order valence-corrected chi connectivity index (χ0v) is 17.9. The van der Waals surface area contributed by atoms with Crippen molar-refractivity contribution in [2.24, 2.45) is 0 Å². The van der Waals surface area contributed by atoms with Gasteiger partial charge in [0.05, 0.1) is 0 Å². The van der Waals surface area contributed by atoms with Crippen molar-refractivity contribution in [1.82, 2.24) is 9.97 Å². The maximum atomic E-state index is 12.2. The topological polar surface area (TPSA) is 81.2 Å². The van der Waals surface area contributed by atoms with Crippen molar-refractivity contribution in [3.8, 4) is 0 Å². The van der Waals surface area contributed by atoms with Crippen molar-refractivity contribution >= 4 is 29.3 Å². The van der Waals surface area contributed by atoms with Crippen molar-refractivity contribution in [2.45, 2.75) is 58.2 Å². The Morgan fingerprint density at radius 1 is 1.14 bits per heavy atom. The maximum Gasteiger partial charge on any atom is 0.306 e. The number of thioether (sulfide) groups is 1. The van der Waals surface area contributed by atoms with Gasteiger partial charge in [0.25, 0.3) is 5.91 Å². The number of nitrogens with one attached hydrogen (secondary N) is 1. The average molecular weight is 402 g/mol. The number of esters is 1. The van der Waals surface area contributed by atoms with E-state index in [0.717, 1.165) is 28.5 Å². The first kappa shape index (κ1) is 21.9. The van der Waals surface area contributed by atoms with Gasteiger partial charge in [-0.2, -0.15) is 0 Å². The van der Waals surface area contributed by atoms with Gasteiger partial charge in [0.2, 0.25) is 0 Å². The minimum atomic E-state index is -0.865. The average Bonchev–Trinajstić information content (AvgIpc) is 2.67. The first-order chi connectivity index (χ1) is 13.3. The van der Waals surface area contributed by atoms with Crippen LogP contribution in [0.2, 0.25) is 0 Å². The zero-order valence-electron chi connectivity index (χ0n) is 17.0. The first-order valence-electron chi connectivity index (χ1n) is 9.31. The molecule has 2 aromatic rings. The molecule has 1 aromatic heterocycles. The fourth-order valence-electron chi connectivity index (χ4n) is 2.77. The third kappa shape index (κ3) is 6.05. The van der Waals surface area contributed by atoms with E-state index in [4.69, 9.17) is 4.74 Å². The van der Waals surface area contributed by atoms with Gasteiger partial charge >= 0.3 is 5.97 Å². The van der Waals surface area contributed by atoms with Gasteiger partial charge in [0, 0.05) is 23.5 Å². The monoisotopic (exact) mass is 401 g/mol. The molecule has 1 N–H and O–H groups in total. The molecule has 6 nitrogen and oxygen atoms in total. The fraction of sp³-hybridized carbons (Fsp3) is 0.429. The molecule has 1 heterocycles. The first-order valence-corrected chi connectivity index (χ1v) is 10.5. The lowest BCUT2D eigenvalue weighted by atomic mass is 10.1. The van der Waals surface area contributed by atoms with E-state index < -0.39 is 12.1 Å². The van der Waals surface area contributed by atoms with E-state index in [0.29, 0.717) is 12.1 Å². The van der Waals surface area contributed by atoms with Gasteiger partial charge < -0.3 is 10.1 Å². The second-order valence-electron chi connectivity index (χ2n) is 6.53. The number of aromatic nitrogens is 2. The highest BCUT2D eigenvalue weighted by molar-refractivity contribution is 7.98. The second kappa shape index (κ2) is 10.2. The lowest BCUT2D eigenvalue weighted by Crippen LogP contribution is -2.30. The Hall–Kier alpha value is -2.41. The highest BCUT2D eigenvalue weighted by atomic mass is 32.2. The standard InChI is InChI=1S/C21H27N3O3S/c1-6-16-7-9-17(10-8-16)24-20(26)15(4)27-19(25)12-11-18-13(2)22-21(28-5)23-14(18)3/h7-10,15H,6,11-12H2,1-5H3,(H,24,26). The van der Waals surface area contributed by atoms with Crippen LogP contribution < -0.4 is 5.32 Å². The molecule has 2 rings (SSSR count). The summed E-state index contributed by atoms with van der Waals surface area (Å²) in [4.78, 5) is 33.2. The Kier molecular flexibility index (Phi) is 7.99. The number of ether oxygens (including phenoxy) is 1. The summed E-state index contributed by atoms with van der Waals surface area (Å²) in [5.74, 6) is -0.769. The molecule has 1 aromatic carbocycles. The smallest absolute Gasteiger partial charge is 0.306 e. The van der Waals surface area contributed by atoms with Crippen LogP contribution in [0, 0.1) is 13.8 Å². The van der Waals surface area contributed by atoms with Gasteiger partial charge in [-0.05, 0) is 63.1 Å². The molecular formula is C21H27N3O3S. The molecule has 150 valence electrons. The molecule has 0 bridgehead atoms. The molecule has 0 radical (unpaired) electrons. The van der Waals surface area contributed by atoms with Gasteiger partial charge in [-0.25, -0.2) is 9.97 Å². The van der Waals surface area contributed by atoms with E-state index >= 15 is 0 Å². The van der Waals surface area contributed by atoms with Crippen LogP contribution in [0.5, 0.6) is 0 Å². The zero-order chi connectivity index (χ0) is 20.7. The van der Waals surface area contributed by atoms with Gasteiger partial charge in [-0.3, -0.25) is 9.59 Å². The van der Waals surface area contributed by atoms with Crippen LogP contribution in [0.1, 0.15) is 42.8 Å². The SMILES string of the molecule is CCc1ccc(NC(=O)C(C)OC(=O)CCc2c(C)nc(SC)nc2C)cc1. The molecule has 28 heavy (non-hydrogen) atoms. The molecule has 0 aliphatic heterocycles. The Balaban J connectivity index is 1.87. The van der Waals surface area contributed by atoms with Crippen LogP contribution in [0.4, 0.5) is 5.69 Å². The van der Waals surface area contributed by atoms with Crippen molar-refractivity contribution < 1.29 is 14.3 Å². The molecule has 0 aliphatic rings. The molecule has 7 heteroatoms. The molecular weight excluding hydrogens is 374 g/mol. The third-order valence-corrected chi connectivity index (χ3v) is 5.02. The number of hydrogen-bond acceptors (Lipinski definition) is 6. The summed E-state index contributed by atoms with van der Waals surface area (Å²) in [6, 6.07) is 7.60. The summed E-state index contributed by atoms with van der Waals surface area (Å²) in [5.41, 5.74) is 4.56. The summed E-state index contributed by atoms with van der Waals surface area (Å²) >= 11 is 1.49. The van der Waals surface area contributed by atoms with Crippen LogP contribution in [0.25, 0.3) is 0 Å². The highest BCUT2D eigenvalue weighted by Gasteiger charge is 2.19. The summed E-state index contributed by atoms with van der Waals surface area (Å²) in [7, 11) is 0. The van der Waals surface area contributed by atoms with Crippen molar-refractivity contribution in [3.63, 3.8) is 0 Å². The molecule has 1 amide bonds. The summed E-state index contributed by atoms with van der Waals surface area (Å²) in [6.45, 7) is 7.46. The Bertz CT molecular complexity index is 814. The molecule has 0 fully saturated rings. The summed E-state index contributed by atoms with van der Waals surface area (Å²) in [6.07, 6.45) is 2.66. The molecule has 0 aliphatic carbocycles. The lowest BCUT2D eigenvalue weighted by Gasteiger charge is -2.14. The Morgan fingerprint density at radius 2 is 1.75 bits per heavy atom. The van der Waals surface area contributed by atoms with Crippen molar-refractivity contribution in [2.75, 3.05) is 11.6 Å². The minimum absolute atomic E-state index is 0.173. The Morgan fingerprint density at radius 3 is 2.29 bits per heavy atom. The van der Waals surface area contributed by atoms with E-state index in [-0.39, 0.29) is 12.3 Å². The van der Waals surface area contributed by atoms with Gasteiger partial charge in [0.15, 0.2) is 11.3 Å². The van der Waals surface area contributed by atoms with Crippen LogP contribution in [0.15, 0.2) is 29.4 Å². The van der Waals surface area contributed by atoms with E-state index in [1.165, 1.54) is 17.3 Å². The van der Waals surface area contributed by atoms with E-state index in [1.54, 1.807) is 6.92 Å². The predicted octanol–water partition coefficient (Wildman–Crippen LogP) is 3.88. The van der Waals surface area contributed by atoms with Crippen LogP contribution in [-0.4, -0.2) is 34.2 Å². The van der Waals surface area contributed by atoms with Crippen LogP contribution in [-0.2, 0) is 27.2 Å². The van der Waals surface area contributed by atoms with Crippen molar-refractivity contribution in [3.05, 3.63) is 46.8 Å². The van der Waals surface area contributed by atoms with E-state index in [2.05, 4.69) is 22.2 Å². The quantitative estimate of drug-likeness (QED) is 0.411. The number of aryl methyl sites for hydroxylation is 3. The van der Waals surface area contributed by atoms with Gasteiger partial charge in [0.1, 0.15) is 0 Å². The Labute approximate surface area is 170 Å². The van der Waals surface area contributed by atoms with E-state index in [9.17, 15) is 9.59 Å². The lowest BCUT2D eigenvalue weighted by molar-refractivity contribution is -0.153. The molecule has 0 saturated carbocycles. The largest absolute Gasteiger partial charge is 0.453 e. The number of carbonyl (C=O) groups excluding carboxylic acids is 2. The fourth-order valence-corrected chi connectivity index (χ4v) is 3.22. The maximum absolute atomic E-state index is 12.2.